The van der Waals surface area contributed by atoms with Gasteiger partial charge in [-0.05, 0) is 43.7 Å². The van der Waals surface area contributed by atoms with Crippen LogP contribution in [0.2, 0.25) is 0 Å². The Morgan fingerprint density at radius 3 is 2.92 bits per heavy atom. The molecule has 0 saturated heterocycles. The van der Waals surface area contributed by atoms with Crippen molar-refractivity contribution in [3.63, 3.8) is 0 Å². The Balaban J connectivity index is 1.81. The van der Waals surface area contributed by atoms with Gasteiger partial charge >= 0.3 is 0 Å². The van der Waals surface area contributed by atoms with E-state index in [1.165, 1.54) is 28.9 Å². The molecule has 4 rings (SSSR count). The fourth-order valence-corrected chi connectivity index (χ4v) is 4.49. The lowest BCUT2D eigenvalue weighted by atomic mass is 9.90. The van der Waals surface area contributed by atoms with Crippen molar-refractivity contribution in [3.05, 3.63) is 69.2 Å². The highest BCUT2D eigenvalue weighted by Crippen LogP contribution is 2.34. The van der Waals surface area contributed by atoms with Crippen LogP contribution < -0.4 is 5.56 Å². The van der Waals surface area contributed by atoms with Gasteiger partial charge in [-0.25, -0.2) is 4.98 Å². The molecule has 26 heavy (non-hydrogen) atoms. The summed E-state index contributed by atoms with van der Waals surface area (Å²) in [5.41, 5.74) is 7.29. The number of hydrogen-bond acceptors (Lipinski definition) is 3. The minimum Gasteiger partial charge on any atom is -0.364 e. The van der Waals surface area contributed by atoms with Crippen molar-refractivity contribution >= 4 is 17.4 Å². The number of rotatable bonds is 4. The highest BCUT2D eigenvalue weighted by molar-refractivity contribution is 7.13. The van der Waals surface area contributed by atoms with Gasteiger partial charge in [0, 0.05) is 34.6 Å². The predicted octanol–water partition coefficient (Wildman–Crippen LogP) is 4.88. The van der Waals surface area contributed by atoms with Crippen LogP contribution in [0.5, 0.6) is 0 Å². The minimum atomic E-state index is -0.0384. The van der Waals surface area contributed by atoms with Crippen molar-refractivity contribution in [3.8, 4) is 21.8 Å². The number of allylic oxidation sites excluding steroid dienone is 2. The number of aryl methyl sites for hydroxylation is 2. The summed E-state index contributed by atoms with van der Waals surface area (Å²) in [5.74, 6) is 0. The van der Waals surface area contributed by atoms with E-state index in [-0.39, 0.29) is 5.56 Å². The molecule has 3 aromatic rings. The number of aromatic amines is 2. The monoisotopic (exact) mass is 363 g/mol. The maximum absolute atomic E-state index is 12.5. The molecule has 1 aliphatic carbocycles. The molecule has 0 bridgehead atoms. The molecule has 132 valence electrons. The lowest BCUT2D eigenvalue weighted by molar-refractivity contribution is 0.682. The number of hydrogen-bond donors (Lipinski definition) is 2. The van der Waals surface area contributed by atoms with Gasteiger partial charge in [0.15, 0.2) is 0 Å². The molecule has 2 N–H and O–H groups in total. The molecule has 0 aromatic carbocycles. The first-order chi connectivity index (χ1) is 12.7. The molecule has 0 amide bonds. The van der Waals surface area contributed by atoms with Crippen molar-refractivity contribution in [2.45, 2.75) is 32.6 Å². The van der Waals surface area contributed by atoms with Crippen LogP contribution in [-0.2, 0) is 12.8 Å². The summed E-state index contributed by atoms with van der Waals surface area (Å²) in [5, 5.41) is 2.84. The van der Waals surface area contributed by atoms with Crippen molar-refractivity contribution in [1.82, 2.24) is 15.0 Å². The summed E-state index contributed by atoms with van der Waals surface area (Å²) in [6.07, 6.45) is 13.9. The lowest BCUT2D eigenvalue weighted by Crippen LogP contribution is -2.16. The van der Waals surface area contributed by atoms with E-state index < -0.39 is 0 Å². The minimum absolute atomic E-state index is 0.0384. The molecule has 0 spiro atoms. The largest absolute Gasteiger partial charge is 0.364 e. The number of nitrogens with zero attached hydrogens (tertiary/aromatic N) is 1. The topological polar surface area (TPSA) is 61.5 Å². The zero-order valence-corrected chi connectivity index (χ0v) is 15.6. The number of H-pyrrole nitrogens is 2. The standard InChI is InChI=1S/C21H21N3OS/c1-3-4-8-15-13(2)22-11-17(15)18-12-26-21(24-18)19-16-9-6-5-7-14(16)10-23-20(19)25/h3-4,8,10-12,22H,1,5-7,9H2,2H3,(H,23,25)/b8-4-. The normalized spacial score (nSPS) is 13.9. The highest BCUT2D eigenvalue weighted by Gasteiger charge is 2.20. The van der Waals surface area contributed by atoms with Crippen molar-refractivity contribution in [1.29, 1.82) is 0 Å². The molecular weight excluding hydrogens is 342 g/mol. The van der Waals surface area contributed by atoms with Gasteiger partial charge in [-0.15, -0.1) is 11.3 Å². The molecule has 0 atom stereocenters. The summed E-state index contributed by atoms with van der Waals surface area (Å²) in [6, 6.07) is 0. The molecule has 0 fully saturated rings. The first kappa shape index (κ1) is 16.8. The van der Waals surface area contributed by atoms with Gasteiger partial charge in [-0.2, -0.15) is 0 Å². The molecule has 5 heteroatoms. The molecule has 0 aliphatic heterocycles. The van der Waals surface area contributed by atoms with Crippen LogP contribution in [0.25, 0.3) is 27.9 Å². The number of nitrogens with one attached hydrogen (secondary N) is 2. The molecule has 0 unspecified atom stereocenters. The van der Waals surface area contributed by atoms with Gasteiger partial charge < -0.3 is 9.97 Å². The second kappa shape index (κ2) is 6.92. The SMILES string of the molecule is C=C/C=C\c1c(-c2csc(-c3c4c(c[nH]c3=O)CCCC4)n2)c[nH]c1C. The second-order valence-electron chi connectivity index (χ2n) is 6.58. The first-order valence-corrected chi connectivity index (χ1v) is 9.73. The van der Waals surface area contributed by atoms with Gasteiger partial charge in [0.1, 0.15) is 5.01 Å². The van der Waals surface area contributed by atoms with Crippen LogP contribution in [0, 0.1) is 6.92 Å². The van der Waals surface area contributed by atoms with E-state index in [1.54, 1.807) is 6.08 Å². The van der Waals surface area contributed by atoms with E-state index in [1.807, 2.05) is 36.8 Å². The van der Waals surface area contributed by atoms with Crippen LogP contribution in [0.1, 0.15) is 35.2 Å². The van der Waals surface area contributed by atoms with Crippen molar-refractivity contribution in [2.24, 2.45) is 0 Å². The third-order valence-corrected chi connectivity index (χ3v) is 5.80. The molecule has 3 aromatic heterocycles. The zero-order chi connectivity index (χ0) is 18.1. The van der Waals surface area contributed by atoms with Gasteiger partial charge in [0.2, 0.25) is 0 Å². The fourth-order valence-electron chi connectivity index (χ4n) is 3.60. The Hall–Kier alpha value is -2.66. The molecule has 0 radical (unpaired) electrons. The van der Waals surface area contributed by atoms with Gasteiger partial charge in [0.25, 0.3) is 5.56 Å². The van der Waals surface area contributed by atoms with E-state index in [0.717, 1.165) is 52.3 Å². The van der Waals surface area contributed by atoms with Gasteiger partial charge in [-0.3, -0.25) is 4.79 Å². The van der Waals surface area contributed by atoms with Crippen LogP contribution in [0.15, 0.2) is 41.3 Å². The van der Waals surface area contributed by atoms with Crippen LogP contribution >= 0.6 is 11.3 Å². The Morgan fingerprint density at radius 2 is 2.08 bits per heavy atom. The average Bonchev–Trinajstić information content (AvgIpc) is 3.26. The maximum Gasteiger partial charge on any atom is 0.258 e. The molecular formula is C21H21N3OS. The molecule has 3 heterocycles. The third kappa shape index (κ3) is 2.88. The first-order valence-electron chi connectivity index (χ1n) is 8.86. The summed E-state index contributed by atoms with van der Waals surface area (Å²) in [4.78, 5) is 23.5. The number of thiazole rings is 1. The fraction of sp³-hybridized carbons (Fsp3) is 0.238. The van der Waals surface area contributed by atoms with Crippen molar-refractivity contribution < 1.29 is 0 Å². The predicted molar refractivity (Wildman–Crippen MR) is 109 cm³/mol. The summed E-state index contributed by atoms with van der Waals surface area (Å²) in [7, 11) is 0. The number of pyridine rings is 1. The zero-order valence-electron chi connectivity index (χ0n) is 14.8. The Morgan fingerprint density at radius 1 is 1.23 bits per heavy atom. The van der Waals surface area contributed by atoms with Gasteiger partial charge in [-0.1, -0.05) is 24.8 Å². The number of fused-ring (bicyclic) bond motifs is 1. The van der Waals surface area contributed by atoms with Crippen molar-refractivity contribution in [2.75, 3.05) is 0 Å². The molecule has 4 nitrogen and oxygen atoms in total. The summed E-state index contributed by atoms with van der Waals surface area (Å²) < 4.78 is 0. The highest BCUT2D eigenvalue weighted by atomic mass is 32.1. The quantitative estimate of drug-likeness (QED) is 0.649. The van der Waals surface area contributed by atoms with Crippen LogP contribution in [-0.4, -0.2) is 15.0 Å². The average molecular weight is 363 g/mol. The van der Waals surface area contributed by atoms with E-state index in [0.29, 0.717) is 0 Å². The second-order valence-corrected chi connectivity index (χ2v) is 7.44. The van der Waals surface area contributed by atoms with E-state index in [9.17, 15) is 4.79 Å². The number of aromatic nitrogens is 3. The Kier molecular flexibility index (Phi) is 4.47. The summed E-state index contributed by atoms with van der Waals surface area (Å²) >= 11 is 1.54. The Bertz CT molecular complexity index is 1050. The summed E-state index contributed by atoms with van der Waals surface area (Å²) in [6.45, 7) is 5.78. The smallest absolute Gasteiger partial charge is 0.258 e. The van der Waals surface area contributed by atoms with Crippen LogP contribution in [0.4, 0.5) is 0 Å². The maximum atomic E-state index is 12.5. The Labute approximate surface area is 156 Å². The molecule has 1 aliphatic rings. The van der Waals surface area contributed by atoms with Gasteiger partial charge in [0.05, 0.1) is 11.3 Å². The van der Waals surface area contributed by atoms with E-state index >= 15 is 0 Å². The molecule has 0 saturated carbocycles. The van der Waals surface area contributed by atoms with E-state index in [4.69, 9.17) is 4.98 Å². The lowest BCUT2D eigenvalue weighted by Gasteiger charge is -2.17. The third-order valence-electron chi connectivity index (χ3n) is 4.94. The van der Waals surface area contributed by atoms with Crippen LogP contribution in [0.3, 0.4) is 0 Å². The van der Waals surface area contributed by atoms with E-state index in [2.05, 4.69) is 16.5 Å².